The van der Waals surface area contributed by atoms with E-state index in [-0.39, 0.29) is 5.91 Å². The summed E-state index contributed by atoms with van der Waals surface area (Å²) in [7, 11) is 0. The molecule has 1 atom stereocenters. The summed E-state index contributed by atoms with van der Waals surface area (Å²) in [6.45, 7) is 6.64. The summed E-state index contributed by atoms with van der Waals surface area (Å²) in [5.41, 5.74) is 3.20. The third kappa shape index (κ3) is 6.38. The van der Waals surface area contributed by atoms with Crippen LogP contribution in [0.5, 0.6) is 11.5 Å². The molecule has 1 unspecified atom stereocenters. The number of carbonyl (C=O) groups excluding carboxylic acids is 1. The van der Waals surface area contributed by atoms with Gasteiger partial charge in [-0.2, -0.15) is 0 Å². The fourth-order valence-electron chi connectivity index (χ4n) is 3.00. The lowest BCUT2D eigenvalue weighted by atomic mass is 10.0. The number of rotatable bonds is 9. The van der Waals surface area contributed by atoms with E-state index in [0.717, 1.165) is 12.2 Å². The van der Waals surface area contributed by atoms with Crippen molar-refractivity contribution in [2.45, 2.75) is 39.2 Å². The van der Waals surface area contributed by atoms with Gasteiger partial charge < -0.3 is 14.8 Å². The number of nitrogens with one attached hydrogen (secondary N) is 1. The maximum absolute atomic E-state index is 12.4. The van der Waals surface area contributed by atoms with Crippen molar-refractivity contribution in [2.24, 2.45) is 0 Å². The zero-order chi connectivity index (χ0) is 21.3. The summed E-state index contributed by atoms with van der Waals surface area (Å²) in [5, 5.41) is 2.88. The van der Waals surface area contributed by atoms with Crippen LogP contribution >= 0.6 is 0 Å². The molecule has 0 heterocycles. The summed E-state index contributed by atoms with van der Waals surface area (Å²) in [6, 6.07) is 25.5. The molecule has 0 spiro atoms. The van der Waals surface area contributed by atoms with Crippen molar-refractivity contribution in [3.63, 3.8) is 0 Å². The Morgan fingerprint density at radius 2 is 1.47 bits per heavy atom. The van der Waals surface area contributed by atoms with E-state index in [0.29, 0.717) is 24.0 Å². The zero-order valence-corrected chi connectivity index (χ0v) is 17.8. The highest BCUT2D eigenvalue weighted by Gasteiger charge is 2.15. The Morgan fingerprint density at radius 1 is 0.833 bits per heavy atom. The Kier molecular flexibility index (Phi) is 7.50. The lowest BCUT2D eigenvalue weighted by Crippen LogP contribution is -2.30. The van der Waals surface area contributed by atoms with Crippen molar-refractivity contribution in [3.8, 4) is 11.5 Å². The number of amides is 1. The van der Waals surface area contributed by atoms with Crippen LogP contribution in [0.4, 0.5) is 5.69 Å². The molecule has 30 heavy (non-hydrogen) atoms. The zero-order valence-electron chi connectivity index (χ0n) is 17.8. The Labute approximate surface area is 178 Å². The van der Waals surface area contributed by atoms with Crippen molar-refractivity contribution < 1.29 is 14.3 Å². The van der Waals surface area contributed by atoms with Gasteiger partial charge in [0.2, 0.25) is 0 Å². The molecule has 0 bridgehead atoms. The van der Waals surface area contributed by atoms with Crippen LogP contribution in [0.15, 0.2) is 78.9 Å². The topological polar surface area (TPSA) is 47.6 Å². The first kappa shape index (κ1) is 21.4. The lowest BCUT2D eigenvalue weighted by Gasteiger charge is -2.16. The number of anilines is 1. The van der Waals surface area contributed by atoms with E-state index in [9.17, 15) is 4.79 Å². The average molecular weight is 404 g/mol. The van der Waals surface area contributed by atoms with Crippen LogP contribution in [0.3, 0.4) is 0 Å². The number of ether oxygens (including phenoxy) is 2. The van der Waals surface area contributed by atoms with Gasteiger partial charge in [0.15, 0.2) is 6.10 Å². The minimum atomic E-state index is -0.600. The number of carbonyl (C=O) groups is 1. The van der Waals surface area contributed by atoms with Crippen LogP contribution in [0.2, 0.25) is 0 Å². The van der Waals surface area contributed by atoms with Crippen LogP contribution in [-0.4, -0.2) is 18.6 Å². The molecule has 3 rings (SSSR count). The van der Waals surface area contributed by atoms with Crippen LogP contribution < -0.4 is 14.8 Å². The molecule has 0 saturated heterocycles. The molecule has 3 aromatic rings. The van der Waals surface area contributed by atoms with Crippen molar-refractivity contribution in [1.82, 2.24) is 0 Å². The highest BCUT2D eigenvalue weighted by atomic mass is 16.5. The quantitative estimate of drug-likeness (QED) is 0.488. The van der Waals surface area contributed by atoms with Crippen molar-refractivity contribution in [3.05, 3.63) is 90.0 Å². The van der Waals surface area contributed by atoms with Gasteiger partial charge in [-0.05, 0) is 60.4 Å². The molecule has 0 aromatic heterocycles. The van der Waals surface area contributed by atoms with Gasteiger partial charge in [-0.1, -0.05) is 56.3 Å². The largest absolute Gasteiger partial charge is 0.493 e. The third-order valence-corrected chi connectivity index (χ3v) is 4.85. The Hall–Kier alpha value is -3.27. The highest BCUT2D eigenvalue weighted by Crippen LogP contribution is 2.20. The predicted molar refractivity (Wildman–Crippen MR) is 121 cm³/mol. The molecule has 4 nitrogen and oxygen atoms in total. The minimum Gasteiger partial charge on any atom is -0.493 e. The van der Waals surface area contributed by atoms with Gasteiger partial charge >= 0.3 is 0 Å². The van der Waals surface area contributed by atoms with Gasteiger partial charge in [0.25, 0.3) is 5.91 Å². The smallest absolute Gasteiger partial charge is 0.265 e. The summed E-state index contributed by atoms with van der Waals surface area (Å²) >= 11 is 0. The molecule has 0 aliphatic carbocycles. The summed E-state index contributed by atoms with van der Waals surface area (Å²) in [4.78, 5) is 12.4. The normalized spacial score (nSPS) is 11.7. The van der Waals surface area contributed by atoms with E-state index < -0.39 is 6.10 Å². The van der Waals surface area contributed by atoms with Crippen molar-refractivity contribution >= 4 is 11.6 Å². The van der Waals surface area contributed by atoms with Crippen molar-refractivity contribution in [2.75, 3.05) is 11.9 Å². The first-order valence-electron chi connectivity index (χ1n) is 10.4. The highest BCUT2D eigenvalue weighted by molar-refractivity contribution is 5.94. The maximum atomic E-state index is 12.4. The Bertz CT molecular complexity index is 919. The van der Waals surface area contributed by atoms with Gasteiger partial charge in [0, 0.05) is 12.1 Å². The summed E-state index contributed by atoms with van der Waals surface area (Å²) < 4.78 is 11.6. The van der Waals surface area contributed by atoms with Crippen LogP contribution in [0.1, 0.15) is 37.8 Å². The van der Waals surface area contributed by atoms with Crippen LogP contribution in [0.25, 0.3) is 0 Å². The molecule has 0 saturated carbocycles. The lowest BCUT2D eigenvalue weighted by molar-refractivity contribution is -0.122. The second kappa shape index (κ2) is 10.5. The second-order valence-corrected chi connectivity index (χ2v) is 7.58. The van der Waals surface area contributed by atoms with E-state index in [2.05, 4.69) is 31.3 Å². The fourth-order valence-corrected chi connectivity index (χ4v) is 3.00. The fraction of sp³-hybridized carbons (Fsp3) is 0.269. The van der Waals surface area contributed by atoms with E-state index in [1.165, 1.54) is 11.1 Å². The SMILES string of the molecule is CC(Oc1ccc(C(C)C)cc1)C(=O)Nc1ccc(OCCc2ccccc2)cc1. The molecular weight excluding hydrogens is 374 g/mol. The third-order valence-electron chi connectivity index (χ3n) is 4.85. The number of hydrogen-bond acceptors (Lipinski definition) is 3. The summed E-state index contributed by atoms with van der Waals surface area (Å²) in [5.74, 6) is 1.73. The van der Waals surface area contributed by atoms with E-state index >= 15 is 0 Å². The van der Waals surface area contributed by atoms with Gasteiger partial charge in [0.1, 0.15) is 11.5 Å². The molecular formula is C26H29NO3. The first-order valence-corrected chi connectivity index (χ1v) is 10.4. The molecule has 1 amide bonds. The molecule has 0 aliphatic rings. The molecule has 1 N–H and O–H groups in total. The van der Waals surface area contributed by atoms with Gasteiger partial charge in [-0.15, -0.1) is 0 Å². The summed E-state index contributed by atoms with van der Waals surface area (Å²) in [6.07, 6.45) is 0.253. The Balaban J connectivity index is 1.46. The molecule has 0 aliphatic heterocycles. The Morgan fingerprint density at radius 3 is 2.10 bits per heavy atom. The number of benzene rings is 3. The van der Waals surface area contributed by atoms with Crippen LogP contribution in [-0.2, 0) is 11.2 Å². The molecule has 3 aromatic carbocycles. The minimum absolute atomic E-state index is 0.194. The molecule has 4 heteroatoms. The van der Waals surface area contributed by atoms with Crippen LogP contribution in [0, 0.1) is 0 Å². The van der Waals surface area contributed by atoms with E-state index in [4.69, 9.17) is 9.47 Å². The van der Waals surface area contributed by atoms with Gasteiger partial charge in [-0.25, -0.2) is 0 Å². The van der Waals surface area contributed by atoms with E-state index in [1.807, 2.05) is 66.7 Å². The molecule has 0 radical (unpaired) electrons. The van der Waals surface area contributed by atoms with E-state index in [1.54, 1.807) is 6.92 Å². The second-order valence-electron chi connectivity index (χ2n) is 7.58. The average Bonchev–Trinajstić information content (AvgIpc) is 2.76. The van der Waals surface area contributed by atoms with Crippen molar-refractivity contribution in [1.29, 1.82) is 0 Å². The number of hydrogen-bond donors (Lipinski definition) is 1. The molecule has 156 valence electrons. The van der Waals surface area contributed by atoms with Gasteiger partial charge in [-0.3, -0.25) is 4.79 Å². The first-order chi connectivity index (χ1) is 14.5. The monoisotopic (exact) mass is 403 g/mol. The predicted octanol–water partition coefficient (Wildman–Crippen LogP) is 5.84. The van der Waals surface area contributed by atoms with Gasteiger partial charge in [0.05, 0.1) is 6.61 Å². The standard InChI is InChI=1S/C26H29NO3/c1-19(2)22-9-13-25(14-10-22)30-20(3)26(28)27-23-11-15-24(16-12-23)29-18-17-21-7-5-4-6-8-21/h4-16,19-20H,17-18H2,1-3H3,(H,27,28). The molecule has 0 fully saturated rings. The maximum Gasteiger partial charge on any atom is 0.265 e.